The van der Waals surface area contributed by atoms with Gasteiger partial charge in [-0.1, -0.05) is 31.5 Å². The highest BCUT2D eigenvalue weighted by Crippen LogP contribution is 2.36. The van der Waals surface area contributed by atoms with Gasteiger partial charge in [0.15, 0.2) is 0 Å². The van der Waals surface area contributed by atoms with Crippen molar-refractivity contribution in [2.24, 2.45) is 5.92 Å². The number of hydrogen-bond acceptors (Lipinski definition) is 3. The number of nitrogens with zero attached hydrogens (tertiary/aromatic N) is 2. The summed E-state index contributed by atoms with van der Waals surface area (Å²) in [5, 5.41) is 3.22. The zero-order chi connectivity index (χ0) is 23.5. The molecule has 4 atom stereocenters. The molecule has 1 aliphatic heterocycles. The summed E-state index contributed by atoms with van der Waals surface area (Å²) < 4.78 is 38.9. The predicted octanol–water partition coefficient (Wildman–Crippen LogP) is 5.07. The number of carbonyl (C=O) groups is 1. The standard InChI is InChI=1S/C25H38F3N3O/c1-5-7-19-15-21(30(4)17(2)3)10-11-23(19)31-13-12-22(24(31)32)29-16-18-8-6-9-20(14-18)25(26,27)28/h6,8-9,14,17,19,21-23,29H,5,7,10-13,15-16H2,1-4H3/t19-,21+,22-,23-/m0/s1. The SMILES string of the molecule is CCC[C@H]1C[C@H](N(C)C(C)C)CC[C@@H]1N1CC[C@H](NCc2cccc(C(F)(F)F)c2)C1=O. The number of benzene rings is 1. The Kier molecular flexibility index (Phi) is 8.26. The third-order valence-corrected chi connectivity index (χ3v) is 7.41. The molecular weight excluding hydrogens is 415 g/mol. The summed E-state index contributed by atoms with van der Waals surface area (Å²) in [4.78, 5) is 17.7. The third-order valence-electron chi connectivity index (χ3n) is 7.41. The van der Waals surface area contributed by atoms with Crippen LogP contribution in [0.25, 0.3) is 0 Å². The van der Waals surface area contributed by atoms with Gasteiger partial charge in [-0.3, -0.25) is 4.79 Å². The molecule has 32 heavy (non-hydrogen) atoms. The van der Waals surface area contributed by atoms with Crippen LogP contribution >= 0.6 is 0 Å². The fourth-order valence-electron chi connectivity index (χ4n) is 5.43. The maximum absolute atomic E-state index is 13.2. The van der Waals surface area contributed by atoms with Gasteiger partial charge in [0.25, 0.3) is 0 Å². The Bertz CT molecular complexity index is 767. The average Bonchev–Trinajstić information content (AvgIpc) is 3.11. The third kappa shape index (κ3) is 5.84. The topological polar surface area (TPSA) is 35.6 Å². The Morgan fingerprint density at radius 3 is 2.62 bits per heavy atom. The summed E-state index contributed by atoms with van der Waals surface area (Å²) >= 11 is 0. The lowest BCUT2D eigenvalue weighted by Crippen LogP contribution is -2.51. The van der Waals surface area contributed by atoms with Gasteiger partial charge in [0.05, 0.1) is 11.6 Å². The Balaban J connectivity index is 1.60. The highest BCUT2D eigenvalue weighted by molar-refractivity contribution is 5.84. The monoisotopic (exact) mass is 453 g/mol. The van der Waals surface area contributed by atoms with Crippen molar-refractivity contribution < 1.29 is 18.0 Å². The van der Waals surface area contributed by atoms with E-state index in [-0.39, 0.29) is 24.5 Å². The molecule has 3 rings (SSSR count). The molecule has 4 nitrogen and oxygen atoms in total. The molecule has 1 amide bonds. The van der Waals surface area contributed by atoms with E-state index in [2.05, 4.69) is 42.9 Å². The van der Waals surface area contributed by atoms with Crippen LogP contribution in [0.2, 0.25) is 0 Å². The van der Waals surface area contributed by atoms with Gasteiger partial charge in [0, 0.05) is 31.2 Å². The Hall–Kier alpha value is -1.60. The Labute approximate surface area is 190 Å². The van der Waals surface area contributed by atoms with Gasteiger partial charge in [0.2, 0.25) is 5.91 Å². The molecule has 1 aromatic rings. The molecule has 1 aromatic carbocycles. The molecule has 0 spiro atoms. The highest BCUT2D eigenvalue weighted by atomic mass is 19.4. The van der Waals surface area contributed by atoms with Gasteiger partial charge < -0.3 is 15.1 Å². The lowest BCUT2D eigenvalue weighted by atomic mass is 9.77. The predicted molar refractivity (Wildman–Crippen MR) is 121 cm³/mol. The van der Waals surface area contributed by atoms with Crippen molar-refractivity contribution in [3.05, 3.63) is 35.4 Å². The van der Waals surface area contributed by atoms with E-state index < -0.39 is 11.7 Å². The van der Waals surface area contributed by atoms with Crippen molar-refractivity contribution in [1.82, 2.24) is 15.1 Å². The summed E-state index contributed by atoms with van der Waals surface area (Å²) in [7, 11) is 2.20. The van der Waals surface area contributed by atoms with Crippen molar-refractivity contribution in [2.75, 3.05) is 13.6 Å². The molecule has 1 N–H and O–H groups in total. The first-order chi connectivity index (χ1) is 15.1. The van der Waals surface area contributed by atoms with Crippen LogP contribution in [0.5, 0.6) is 0 Å². The summed E-state index contributed by atoms with van der Waals surface area (Å²) in [6.45, 7) is 7.66. The number of amides is 1. The molecule has 0 unspecified atom stereocenters. The summed E-state index contributed by atoms with van der Waals surface area (Å²) in [5.41, 5.74) is -0.103. The zero-order valence-electron chi connectivity index (χ0n) is 19.8. The van der Waals surface area contributed by atoms with Gasteiger partial charge in [-0.2, -0.15) is 13.2 Å². The van der Waals surface area contributed by atoms with Crippen molar-refractivity contribution >= 4 is 5.91 Å². The van der Waals surface area contributed by atoms with Gasteiger partial charge in [0.1, 0.15) is 0 Å². The van der Waals surface area contributed by atoms with Crippen molar-refractivity contribution in [2.45, 2.75) is 96.2 Å². The van der Waals surface area contributed by atoms with Crippen LogP contribution < -0.4 is 5.32 Å². The van der Waals surface area contributed by atoms with Gasteiger partial charge >= 0.3 is 6.18 Å². The first-order valence-electron chi connectivity index (χ1n) is 12.0. The van der Waals surface area contributed by atoms with E-state index in [1.165, 1.54) is 6.07 Å². The zero-order valence-corrected chi connectivity index (χ0v) is 19.8. The molecule has 0 radical (unpaired) electrons. The summed E-state index contributed by atoms with van der Waals surface area (Å²) in [6.07, 6.45) is 1.84. The number of nitrogens with one attached hydrogen (secondary N) is 1. The molecule has 1 saturated heterocycles. The van der Waals surface area contributed by atoms with Crippen LogP contribution in [0.15, 0.2) is 24.3 Å². The van der Waals surface area contributed by atoms with Crippen LogP contribution in [0.1, 0.15) is 70.4 Å². The van der Waals surface area contributed by atoms with Crippen LogP contribution in [-0.2, 0) is 17.5 Å². The minimum Gasteiger partial charge on any atom is -0.338 e. The summed E-state index contributed by atoms with van der Waals surface area (Å²) in [6, 6.07) is 6.36. The van der Waals surface area contributed by atoms with E-state index in [0.29, 0.717) is 30.0 Å². The number of alkyl halides is 3. The molecule has 2 fully saturated rings. The van der Waals surface area contributed by atoms with Gasteiger partial charge in [-0.25, -0.2) is 0 Å². The molecular formula is C25H38F3N3O. The number of likely N-dealkylation sites (tertiary alicyclic amines) is 1. The van der Waals surface area contributed by atoms with Crippen molar-refractivity contribution in [3.63, 3.8) is 0 Å². The maximum atomic E-state index is 13.2. The second kappa shape index (κ2) is 10.6. The second-order valence-electron chi connectivity index (χ2n) is 9.79. The minimum atomic E-state index is -4.35. The number of carbonyl (C=O) groups excluding carboxylic acids is 1. The van der Waals surface area contributed by atoms with E-state index in [9.17, 15) is 18.0 Å². The second-order valence-corrected chi connectivity index (χ2v) is 9.79. The molecule has 2 aliphatic rings. The van der Waals surface area contributed by atoms with Gasteiger partial charge in [-0.15, -0.1) is 0 Å². The normalized spacial score (nSPS) is 27.0. The van der Waals surface area contributed by atoms with E-state index in [1.54, 1.807) is 6.07 Å². The smallest absolute Gasteiger partial charge is 0.338 e. The first-order valence-corrected chi connectivity index (χ1v) is 12.0. The molecule has 7 heteroatoms. The van der Waals surface area contributed by atoms with E-state index >= 15 is 0 Å². The number of halogens is 3. The van der Waals surface area contributed by atoms with E-state index in [1.807, 2.05) is 0 Å². The van der Waals surface area contributed by atoms with Crippen LogP contribution in [0.3, 0.4) is 0 Å². The molecule has 180 valence electrons. The van der Waals surface area contributed by atoms with Crippen LogP contribution in [0, 0.1) is 5.92 Å². The summed E-state index contributed by atoms with van der Waals surface area (Å²) in [5.74, 6) is 0.616. The molecule has 0 bridgehead atoms. The number of rotatable bonds is 8. The highest BCUT2D eigenvalue weighted by Gasteiger charge is 2.42. The lowest BCUT2D eigenvalue weighted by Gasteiger charge is -2.44. The minimum absolute atomic E-state index is 0.110. The largest absolute Gasteiger partial charge is 0.416 e. The fourth-order valence-corrected chi connectivity index (χ4v) is 5.43. The average molecular weight is 454 g/mol. The molecule has 0 aromatic heterocycles. The lowest BCUT2D eigenvalue weighted by molar-refractivity contribution is -0.137. The van der Waals surface area contributed by atoms with Gasteiger partial charge in [-0.05, 0) is 70.5 Å². The number of hydrogen-bond donors (Lipinski definition) is 1. The van der Waals surface area contributed by atoms with Crippen molar-refractivity contribution in [3.8, 4) is 0 Å². The maximum Gasteiger partial charge on any atom is 0.416 e. The Morgan fingerprint density at radius 1 is 1.22 bits per heavy atom. The Morgan fingerprint density at radius 2 is 1.97 bits per heavy atom. The molecule has 1 saturated carbocycles. The van der Waals surface area contributed by atoms with Crippen LogP contribution in [-0.4, -0.2) is 53.5 Å². The molecule has 1 heterocycles. The van der Waals surface area contributed by atoms with E-state index in [0.717, 1.165) is 50.8 Å². The quantitative estimate of drug-likeness (QED) is 0.597. The van der Waals surface area contributed by atoms with E-state index in [4.69, 9.17) is 0 Å². The van der Waals surface area contributed by atoms with Crippen molar-refractivity contribution in [1.29, 1.82) is 0 Å². The molecule has 1 aliphatic carbocycles. The van der Waals surface area contributed by atoms with Crippen LogP contribution in [0.4, 0.5) is 13.2 Å². The first kappa shape index (κ1) is 25.0. The fraction of sp³-hybridized carbons (Fsp3) is 0.720.